The molecule has 4 nitrogen and oxygen atoms in total. The number of halogens is 3. The number of carboxylic acid groups (broad SMARTS) is 1. The molecule has 0 aliphatic heterocycles. The normalized spacial score (nSPS) is 10.5. The van der Waals surface area contributed by atoms with Gasteiger partial charge in [-0.2, -0.15) is 0 Å². The van der Waals surface area contributed by atoms with Crippen LogP contribution in [-0.4, -0.2) is 11.1 Å². The molecule has 0 unspecified atom stereocenters. The van der Waals surface area contributed by atoms with Gasteiger partial charge < -0.3 is 14.8 Å². The van der Waals surface area contributed by atoms with Crippen molar-refractivity contribution < 1.29 is 23.1 Å². The molecule has 1 aromatic heterocycles. The molecule has 0 aliphatic carbocycles. The molecule has 2 rings (SSSR count). The van der Waals surface area contributed by atoms with Crippen LogP contribution < -0.4 is 5.32 Å². The van der Waals surface area contributed by atoms with Crippen molar-refractivity contribution in [2.75, 3.05) is 5.32 Å². The van der Waals surface area contributed by atoms with Gasteiger partial charge in [0.1, 0.15) is 17.1 Å². The van der Waals surface area contributed by atoms with Gasteiger partial charge in [0, 0.05) is 6.07 Å². The van der Waals surface area contributed by atoms with E-state index >= 15 is 0 Å². The molecule has 7 heteroatoms. The molecule has 0 atom stereocenters. The van der Waals surface area contributed by atoms with Gasteiger partial charge in [-0.05, 0) is 12.1 Å². The molecule has 19 heavy (non-hydrogen) atoms. The number of rotatable bonds is 4. The van der Waals surface area contributed by atoms with Crippen molar-refractivity contribution >= 4 is 23.3 Å². The molecular weight excluding hydrogens is 280 g/mol. The summed E-state index contributed by atoms with van der Waals surface area (Å²) in [5, 5.41) is 11.3. The molecule has 100 valence electrons. The zero-order chi connectivity index (χ0) is 14.0. The summed E-state index contributed by atoms with van der Waals surface area (Å²) in [5.74, 6) is -2.70. The molecule has 1 aromatic carbocycles. The van der Waals surface area contributed by atoms with Crippen LogP contribution >= 0.6 is 11.6 Å². The van der Waals surface area contributed by atoms with Crippen LogP contribution in [0.15, 0.2) is 28.9 Å². The van der Waals surface area contributed by atoms with Gasteiger partial charge in [0.2, 0.25) is 0 Å². The zero-order valence-electron chi connectivity index (χ0n) is 9.41. The highest BCUT2D eigenvalue weighted by Gasteiger charge is 2.15. The van der Waals surface area contributed by atoms with Gasteiger partial charge in [0.25, 0.3) is 0 Å². The van der Waals surface area contributed by atoms with E-state index < -0.39 is 17.6 Å². The second-order valence-electron chi connectivity index (χ2n) is 3.66. The van der Waals surface area contributed by atoms with Crippen molar-refractivity contribution in [1.29, 1.82) is 0 Å². The Morgan fingerprint density at radius 2 is 2.16 bits per heavy atom. The van der Waals surface area contributed by atoms with Gasteiger partial charge in [-0.15, -0.1) is 0 Å². The van der Waals surface area contributed by atoms with E-state index in [4.69, 9.17) is 21.1 Å². The van der Waals surface area contributed by atoms with E-state index in [2.05, 4.69) is 5.32 Å². The Hall–Kier alpha value is -2.08. The fraction of sp³-hybridized carbons (Fsp3) is 0.0833. The van der Waals surface area contributed by atoms with Crippen molar-refractivity contribution in [2.45, 2.75) is 6.54 Å². The third-order valence-electron chi connectivity index (χ3n) is 2.41. The summed E-state index contributed by atoms with van der Waals surface area (Å²) in [7, 11) is 0. The van der Waals surface area contributed by atoms with E-state index in [1.165, 1.54) is 12.3 Å². The minimum atomic E-state index is -1.16. The van der Waals surface area contributed by atoms with Crippen molar-refractivity contribution in [3.05, 3.63) is 52.4 Å². The number of anilines is 1. The monoisotopic (exact) mass is 287 g/mol. The van der Waals surface area contributed by atoms with Gasteiger partial charge >= 0.3 is 5.97 Å². The Bertz CT molecular complexity index is 604. The fourth-order valence-electron chi connectivity index (χ4n) is 1.55. The minimum absolute atomic E-state index is 0.0360. The SMILES string of the molecule is O=C(O)c1ccoc1CNc1c(F)cc(F)cc1Cl. The smallest absolute Gasteiger partial charge is 0.339 e. The Morgan fingerprint density at radius 1 is 1.42 bits per heavy atom. The number of hydrogen-bond acceptors (Lipinski definition) is 3. The van der Waals surface area contributed by atoms with Crippen molar-refractivity contribution in [3.63, 3.8) is 0 Å². The molecule has 0 amide bonds. The quantitative estimate of drug-likeness (QED) is 0.903. The topological polar surface area (TPSA) is 62.5 Å². The van der Waals surface area contributed by atoms with Crippen LogP contribution in [0.1, 0.15) is 16.1 Å². The summed E-state index contributed by atoms with van der Waals surface area (Å²) in [5.41, 5.74) is -0.151. The molecule has 0 spiro atoms. The largest absolute Gasteiger partial charge is 0.478 e. The second-order valence-corrected chi connectivity index (χ2v) is 4.07. The third kappa shape index (κ3) is 2.85. The molecule has 0 radical (unpaired) electrons. The van der Waals surface area contributed by atoms with Gasteiger partial charge in [0.15, 0.2) is 5.82 Å². The molecule has 2 aromatic rings. The number of carboxylic acids is 1. The van der Waals surface area contributed by atoms with E-state index in [1.807, 2.05) is 0 Å². The first kappa shape index (κ1) is 13.4. The lowest BCUT2D eigenvalue weighted by atomic mass is 10.2. The Balaban J connectivity index is 2.19. The lowest BCUT2D eigenvalue weighted by Crippen LogP contribution is -2.06. The van der Waals surface area contributed by atoms with E-state index in [0.29, 0.717) is 6.07 Å². The maximum absolute atomic E-state index is 13.5. The van der Waals surface area contributed by atoms with Gasteiger partial charge in [0.05, 0.1) is 23.5 Å². The van der Waals surface area contributed by atoms with Gasteiger partial charge in [-0.3, -0.25) is 0 Å². The van der Waals surface area contributed by atoms with Gasteiger partial charge in [-0.25, -0.2) is 13.6 Å². The zero-order valence-corrected chi connectivity index (χ0v) is 10.2. The first-order chi connectivity index (χ1) is 8.99. The molecule has 0 aliphatic rings. The third-order valence-corrected chi connectivity index (χ3v) is 2.71. The number of furan rings is 1. The average molecular weight is 288 g/mol. The van der Waals surface area contributed by atoms with Gasteiger partial charge in [-0.1, -0.05) is 11.6 Å². The summed E-state index contributed by atoms with van der Waals surface area (Å²) >= 11 is 5.69. The maximum Gasteiger partial charge on any atom is 0.339 e. The lowest BCUT2D eigenvalue weighted by molar-refractivity contribution is 0.0694. The fourth-order valence-corrected chi connectivity index (χ4v) is 1.81. The van der Waals surface area contributed by atoms with Crippen molar-refractivity contribution in [3.8, 4) is 0 Å². The summed E-state index contributed by atoms with van der Waals surface area (Å²) < 4.78 is 31.3. The average Bonchev–Trinajstić information content (AvgIpc) is 2.75. The molecule has 0 bridgehead atoms. The van der Waals surface area contributed by atoms with Crippen LogP contribution in [0.2, 0.25) is 5.02 Å². The second kappa shape index (κ2) is 5.27. The van der Waals surface area contributed by atoms with Crippen molar-refractivity contribution in [2.24, 2.45) is 0 Å². The van der Waals surface area contributed by atoms with Crippen LogP contribution in [-0.2, 0) is 6.54 Å². The summed E-state index contributed by atoms with van der Waals surface area (Å²) in [6.45, 7) is -0.0864. The number of aromatic carboxylic acids is 1. The Kier molecular flexibility index (Phi) is 3.71. The van der Waals surface area contributed by atoms with E-state index in [-0.39, 0.29) is 28.6 Å². The number of carbonyl (C=O) groups is 1. The van der Waals surface area contributed by atoms with E-state index in [0.717, 1.165) is 6.07 Å². The van der Waals surface area contributed by atoms with Crippen LogP contribution in [0.4, 0.5) is 14.5 Å². The minimum Gasteiger partial charge on any atom is -0.478 e. The van der Waals surface area contributed by atoms with Crippen LogP contribution in [0, 0.1) is 11.6 Å². The lowest BCUT2D eigenvalue weighted by Gasteiger charge is -2.08. The number of nitrogens with one attached hydrogen (secondary N) is 1. The van der Waals surface area contributed by atoms with Crippen molar-refractivity contribution in [1.82, 2.24) is 0 Å². The van der Waals surface area contributed by atoms with E-state index in [1.54, 1.807) is 0 Å². The first-order valence-electron chi connectivity index (χ1n) is 5.17. The van der Waals surface area contributed by atoms with Crippen LogP contribution in [0.3, 0.4) is 0 Å². The highest BCUT2D eigenvalue weighted by molar-refractivity contribution is 6.33. The highest BCUT2D eigenvalue weighted by Crippen LogP contribution is 2.27. The molecule has 2 N–H and O–H groups in total. The molecule has 0 fully saturated rings. The predicted octanol–water partition coefficient (Wildman–Crippen LogP) is 3.52. The predicted molar refractivity (Wildman–Crippen MR) is 64.4 cm³/mol. The number of benzene rings is 1. The molecular formula is C12H8ClF2NO3. The summed E-state index contributed by atoms with van der Waals surface area (Å²) in [6, 6.07) is 2.91. The Morgan fingerprint density at radius 3 is 2.79 bits per heavy atom. The number of hydrogen-bond donors (Lipinski definition) is 2. The van der Waals surface area contributed by atoms with Crippen LogP contribution in [0.25, 0.3) is 0 Å². The summed E-state index contributed by atoms with van der Waals surface area (Å²) in [4.78, 5) is 10.8. The molecule has 0 saturated carbocycles. The van der Waals surface area contributed by atoms with Crippen LogP contribution in [0.5, 0.6) is 0 Å². The maximum atomic E-state index is 13.5. The molecule has 0 saturated heterocycles. The Labute approximate surface area is 111 Å². The highest BCUT2D eigenvalue weighted by atomic mass is 35.5. The standard InChI is InChI=1S/C12H8ClF2NO3/c13-8-3-6(14)4-9(15)11(8)16-5-10-7(12(17)18)1-2-19-10/h1-4,16H,5H2,(H,17,18). The first-order valence-corrected chi connectivity index (χ1v) is 5.55. The molecule has 1 heterocycles. The summed E-state index contributed by atoms with van der Waals surface area (Å²) in [6.07, 6.45) is 1.21. The van der Waals surface area contributed by atoms with E-state index in [9.17, 15) is 13.6 Å².